The number of hydrogen-bond donors (Lipinski definition) is 0. The van der Waals surface area contributed by atoms with Gasteiger partial charge in [0.2, 0.25) is 0 Å². The van der Waals surface area contributed by atoms with Gasteiger partial charge in [-0.15, -0.1) is 11.6 Å². The Bertz CT molecular complexity index is 240. The smallest absolute Gasteiger partial charge is 0.185 e. The monoisotopic (exact) mass is 158 g/mol. The third-order valence-electron chi connectivity index (χ3n) is 1.28. The molecule has 0 aromatic carbocycles. The maximum Gasteiger partial charge on any atom is 0.185 e. The van der Waals surface area contributed by atoms with Crippen molar-refractivity contribution >= 4 is 17.9 Å². The Morgan fingerprint density at radius 3 is 2.80 bits per heavy atom. The highest BCUT2D eigenvalue weighted by molar-refractivity contribution is 6.16. The number of hydrogen-bond acceptors (Lipinski definition) is 2. The van der Waals surface area contributed by atoms with E-state index in [0.29, 0.717) is 23.7 Å². The molecule has 0 aliphatic heterocycles. The van der Waals surface area contributed by atoms with Crippen molar-refractivity contribution in [2.24, 2.45) is 0 Å². The van der Waals surface area contributed by atoms with Gasteiger partial charge in [-0.05, 0) is 18.6 Å². The summed E-state index contributed by atoms with van der Waals surface area (Å²) in [6.45, 7) is 1.86. The molecule has 0 aliphatic carbocycles. The predicted octanol–water partition coefficient (Wildman–Crippen LogP) is 2.14. The van der Waals surface area contributed by atoms with Gasteiger partial charge in [-0.25, -0.2) is 0 Å². The molecule has 0 bridgehead atoms. The molecule has 10 heavy (non-hydrogen) atoms. The Labute approximate surface area is 63.8 Å². The first kappa shape index (κ1) is 7.35. The summed E-state index contributed by atoms with van der Waals surface area (Å²) in [7, 11) is 0. The van der Waals surface area contributed by atoms with Crippen LogP contribution in [-0.2, 0) is 5.88 Å². The van der Waals surface area contributed by atoms with E-state index >= 15 is 0 Å². The minimum Gasteiger partial charge on any atom is -0.457 e. The van der Waals surface area contributed by atoms with Crippen molar-refractivity contribution in [2.75, 3.05) is 0 Å². The normalized spacial score (nSPS) is 9.80. The second-order valence-electron chi connectivity index (χ2n) is 2.01. The largest absolute Gasteiger partial charge is 0.457 e. The van der Waals surface area contributed by atoms with E-state index < -0.39 is 0 Å². The molecule has 1 heterocycles. The van der Waals surface area contributed by atoms with Crippen molar-refractivity contribution in [1.82, 2.24) is 0 Å². The zero-order valence-electron chi connectivity index (χ0n) is 5.56. The van der Waals surface area contributed by atoms with Crippen molar-refractivity contribution in [3.8, 4) is 0 Å². The van der Waals surface area contributed by atoms with Crippen molar-refractivity contribution in [3.63, 3.8) is 0 Å². The van der Waals surface area contributed by atoms with Crippen LogP contribution in [0.15, 0.2) is 10.5 Å². The number of alkyl halides is 1. The van der Waals surface area contributed by atoms with Gasteiger partial charge in [0.25, 0.3) is 0 Å². The molecule has 1 aromatic rings. The van der Waals surface area contributed by atoms with Gasteiger partial charge in [0, 0.05) is 0 Å². The Balaban J connectivity index is 3.03. The lowest BCUT2D eigenvalue weighted by molar-refractivity contribution is 0.109. The lowest BCUT2D eigenvalue weighted by Gasteiger charge is -1.86. The van der Waals surface area contributed by atoms with Gasteiger partial charge in [0.1, 0.15) is 5.76 Å². The van der Waals surface area contributed by atoms with Gasteiger partial charge in [-0.3, -0.25) is 4.79 Å². The molecule has 0 amide bonds. The highest BCUT2D eigenvalue weighted by Crippen LogP contribution is 2.14. The SMILES string of the molecule is Cc1cc(C=O)oc1CCl. The van der Waals surface area contributed by atoms with E-state index in [1.54, 1.807) is 6.07 Å². The lowest BCUT2D eigenvalue weighted by Crippen LogP contribution is -1.72. The number of aldehydes is 1. The fraction of sp³-hybridized carbons (Fsp3) is 0.286. The van der Waals surface area contributed by atoms with Crippen LogP contribution in [0.4, 0.5) is 0 Å². The number of carbonyl (C=O) groups excluding carboxylic acids is 1. The number of carbonyl (C=O) groups is 1. The van der Waals surface area contributed by atoms with Gasteiger partial charge in [0.15, 0.2) is 12.0 Å². The molecule has 0 spiro atoms. The van der Waals surface area contributed by atoms with Crippen LogP contribution in [-0.4, -0.2) is 6.29 Å². The van der Waals surface area contributed by atoms with Crippen LogP contribution >= 0.6 is 11.6 Å². The van der Waals surface area contributed by atoms with Crippen molar-refractivity contribution < 1.29 is 9.21 Å². The van der Waals surface area contributed by atoms with Crippen LogP contribution in [0.5, 0.6) is 0 Å². The molecular weight excluding hydrogens is 152 g/mol. The molecule has 0 N–H and O–H groups in total. The highest BCUT2D eigenvalue weighted by atomic mass is 35.5. The zero-order chi connectivity index (χ0) is 7.56. The molecule has 0 fully saturated rings. The van der Waals surface area contributed by atoms with E-state index in [1.165, 1.54) is 0 Å². The summed E-state index contributed by atoms with van der Waals surface area (Å²) in [6.07, 6.45) is 0.670. The van der Waals surface area contributed by atoms with Crippen LogP contribution in [0.25, 0.3) is 0 Å². The van der Waals surface area contributed by atoms with Crippen molar-refractivity contribution in [2.45, 2.75) is 12.8 Å². The number of aryl methyl sites for hydroxylation is 1. The third-order valence-corrected chi connectivity index (χ3v) is 1.52. The van der Waals surface area contributed by atoms with Crippen LogP contribution < -0.4 is 0 Å². The van der Waals surface area contributed by atoms with E-state index in [0.717, 1.165) is 5.56 Å². The summed E-state index contributed by atoms with van der Waals surface area (Å²) in [6, 6.07) is 1.67. The van der Waals surface area contributed by atoms with Gasteiger partial charge >= 0.3 is 0 Å². The third kappa shape index (κ3) is 1.21. The first-order valence-electron chi connectivity index (χ1n) is 2.88. The van der Waals surface area contributed by atoms with Gasteiger partial charge in [-0.1, -0.05) is 0 Å². The number of halogens is 1. The molecule has 1 aromatic heterocycles. The summed E-state index contributed by atoms with van der Waals surface area (Å²) < 4.78 is 5.01. The lowest BCUT2D eigenvalue weighted by atomic mass is 10.3. The zero-order valence-corrected chi connectivity index (χ0v) is 6.31. The van der Waals surface area contributed by atoms with E-state index in [1.807, 2.05) is 6.92 Å². The molecule has 0 atom stereocenters. The van der Waals surface area contributed by atoms with Crippen LogP contribution in [0.1, 0.15) is 21.9 Å². The summed E-state index contributed by atoms with van der Waals surface area (Å²) in [5, 5.41) is 0. The van der Waals surface area contributed by atoms with E-state index in [-0.39, 0.29) is 0 Å². The number of rotatable bonds is 2. The van der Waals surface area contributed by atoms with Crippen LogP contribution in [0.2, 0.25) is 0 Å². The molecular formula is C7H7ClO2. The predicted molar refractivity (Wildman–Crippen MR) is 38.4 cm³/mol. The maximum atomic E-state index is 10.2. The first-order chi connectivity index (χ1) is 4.77. The maximum absolute atomic E-state index is 10.2. The minimum absolute atomic E-state index is 0.319. The molecule has 0 aliphatic rings. The fourth-order valence-electron chi connectivity index (χ4n) is 0.737. The average Bonchev–Trinajstić information content (AvgIpc) is 2.30. The summed E-state index contributed by atoms with van der Waals surface area (Å²) in [5.74, 6) is 1.33. The van der Waals surface area contributed by atoms with Crippen molar-refractivity contribution in [1.29, 1.82) is 0 Å². The van der Waals surface area contributed by atoms with Crippen molar-refractivity contribution in [3.05, 3.63) is 23.2 Å². The van der Waals surface area contributed by atoms with Crippen LogP contribution in [0.3, 0.4) is 0 Å². The Hall–Kier alpha value is -0.760. The number of furan rings is 1. The van der Waals surface area contributed by atoms with Gasteiger partial charge in [-0.2, -0.15) is 0 Å². The van der Waals surface area contributed by atoms with E-state index in [4.69, 9.17) is 16.0 Å². The molecule has 2 nitrogen and oxygen atoms in total. The summed E-state index contributed by atoms with van der Waals surface area (Å²) in [5.41, 5.74) is 0.928. The second kappa shape index (κ2) is 2.88. The average molecular weight is 159 g/mol. The van der Waals surface area contributed by atoms with Gasteiger partial charge in [0.05, 0.1) is 5.88 Å². The first-order valence-corrected chi connectivity index (χ1v) is 3.42. The molecule has 3 heteroatoms. The van der Waals surface area contributed by atoms with E-state index in [9.17, 15) is 4.79 Å². The minimum atomic E-state index is 0.319. The summed E-state index contributed by atoms with van der Waals surface area (Å²) >= 11 is 5.49. The highest BCUT2D eigenvalue weighted by Gasteiger charge is 2.03. The quantitative estimate of drug-likeness (QED) is 0.488. The van der Waals surface area contributed by atoms with Gasteiger partial charge < -0.3 is 4.42 Å². The molecule has 54 valence electrons. The summed E-state index contributed by atoms with van der Waals surface area (Å²) in [4.78, 5) is 10.2. The Kier molecular flexibility index (Phi) is 2.12. The Morgan fingerprint density at radius 2 is 2.50 bits per heavy atom. The second-order valence-corrected chi connectivity index (χ2v) is 2.27. The Morgan fingerprint density at radius 1 is 1.80 bits per heavy atom. The molecule has 0 saturated heterocycles. The molecule has 0 radical (unpaired) electrons. The standard InChI is InChI=1S/C7H7ClO2/c1-5-2-6(4-9)10-7(5)3-8/h2,4H,3H2,1H3. The van der Waals surface area contributed by atoms with E-state index in [2.05, 4.69) is 0 Å². The fourth-order valence-corrected chi connectivity index (χ4v) is 1.00. The molecule has 1 rings (SSSR count). The molecule has 0 saturated carbocycles. The molecule has 0 unspecified atom stereocenters. The topological polar surface area (TPSA) is 30.2 Å². The van der Waals surface area contributed by atoms with Crippen LogP contribution in [0, 0.1) is 6.92 Å².